The molecule has 0 N–H and O–H groups in total. The largest absolute Gasteiger partial charge is 0.212 e. The van der Waals surface area contributed by atoms with Crippen molar-refractivity contribution < 1.29 is 22.8 Å². The third-order valence-corrected chi connectivity index (χ3v) is 35.3. The lowest BCUT2D eigenvalue weighted by Gasteiger charge is -2.28. The van der Waals surface area contributed by atoms with Crippen LogP contribution in [-0.4, -0.2) is 40.4 Å². The lowest BCUT2D eigenvalue weighted by molar-refractivity contribution is -0.661. The van der Waals surface area contributed by atoms with Crippen molar-refractivity contribution in [2.45, 2.75) is 357 Å². The van der Waals surface area contributed by atoms with Gasteiger partial charge in [-0.3, -0.25) is 0 Å². The van der Waals surface area contributed by atoms with E-state index in [9.17, 15) is 0 Å². The predicted molar refractivity (Wildman–Crippen MR) is 568 cm³/mol. The van der Waals surface area contributed by atoms with Gasteiger partial charge in [-0.05, 0) is 205 Å². The minimum atomic E-state index is -1.46. The summed E-state index contributed by atoms with van der Waals surface area (Å²) in [6.07, 6.45) is 13.0. The molecule has 10 rings (SSSR count). The van der Waals surface area contributed by atoms with Crippen LogP contribution in [0.5, 0.6) is 0 Å². The van der Waals surface area contributed by atoms with Crippen molar-refractivity contribution in [3.05, 3.63) is 236 Å². The maximum Gasteiger partial charge on any atom is 0.212 e. The van der Waals surface area contributed by atoms with Crippen molar-refractivity contribution in [2.24, 2.45) is 41.2 Å². The summed E-state index contributed by atoms with van der Waals surface area (Å²) < 4.78 is 11.6. The molecule has 10 heteroatoms. The SMILES string of the molecule is Cc1cc(C(C)(C)C)ccc1-c1cc([Si](C)(C)C)c(C(C)C)c[n+]1C.Cc1ccc(C(C)(C)C)cc1-c1cc([Si](C)(C)C)c(C(C)(C)C)c[n+]1C.Cc1ccc(C(C)C)cc1-c1cc([Si](C)(C)C)c(C(C)(C)C)c[n+]1C.Cc1ccc(C)c(-c2cc([Si](C)(C)C)c(C(C)(C)C)c[n+]2C)c1.Cc1ccc(CC(C)C)cc1-c1cc([Si](C)(C)C)c(C(C)(C)C)c[n+]1C. The Morgan fingerprint density at radius 2 is 0.536 bits per heavy atom. The quantitative estimate of drug-likeness (QED) is 0.0764. The Balaban J connectivity index is 0.000000242. The first-order valence-electron chi connectivity index (χ1n) is 47.2. The number of rotatable bonds is 14. The molecule has 0 aliphatic rings. The first kappa shape index (κ1) is 107. The number of hydrogen-bond acceptors (Lipinski definition) is 0. The van der Waals surface area contributed by atoms with Gasteiger partial charge in [-0.1, -0.05) is 331 Å². The maximum absolute atomic E-state index is 2.49. The van der Waals surface area contributed by atoms with Gasteiger partial charge in [-0.25, -0.2) is 22.8 Å². The molecule has 680 valence electrons. The van der Waals surface area contributed by atoms with Crippen LogP contribution in [0.15, 0.2) is 152 Å². The van der Waals surface area contributed by atoms with E-state index in [1.807, 2.05) is 0 Å². The molecule has 0 radical (unpaired) electrons. The van der Waals surface area contributed by atoms with Crippen LogP contribution in [-0.2, 0) is 74.1 Å². The van der Waals surface area contributed by atoms with Gasteiger partial charge >= 0.3 is 0 Å². The fourth-order valence-corrected chi connectivity index (χ4v) is 26.3. The van der Waals surface area contributed by atoms with Gasteiger partial charge < -0.3 is 0 Å². The Bertz CT molecular complexity index is 5450. The number of aromatic nitrogens is 5. The van der Waals surface area contributed by atoms with E-state index in [-0.39, 0.29) is 32.5 Å². The zero-order valence-corrected chi connectivity index (χ0v) is 94.6. The highest BCUT2D eigenvalue weighted by atomic mass is 28.3. The summed E-state index contributed by atoms with van der Waals surface area (Å²) in [7, 11) is 3.80. The first-order valence-corrected chi connectivity index (χ1v) is 64.7. The lowest BCUT2D eigenvalue weighted by atomic mass is 9.84. The summed E-state index contributed by atoms with van der Waals surface area (Å²) in [6, 6.07) is 47.0. The number of nitrogens with zero attached hydrogens (tertiary/aromatic N) is 5. The monoisotopic (exact) mass is 1770 g/mol. The second-order valence-corrected chi connectivity index (χ2v) is 75.0. The molecule has 0 aliphatic heterocycles. The molecule has 125 heavy (non-hydrogen) atoms. The van der Waals surface area contributed by atoms with Gasteiger partial charge in [0.1, 0.15) is 35.2 Å². The molecule has 0 bridgehead atoms. The molecule has 0 fully saturated rings. The van der Waals surface area contributed by atoms with Gasteiger partial charge in [-0.2, -0.15) is 0 Å². The number of aryl methyl sites for hydroxylation is 11. The summed E-state index contributed by atoms with van der Waals surface area (Å²) in [6.45, 7) is 106. The van der Waals surface area contributed by atoms with E-state index in [1.165, 1.54) is 140 Å². The summed E-state index contributed by atoms with van der Waals surface area (Å²) in [5.41, 5.74) is 35.7. The minimum Gasteiger partial charge on any atom is -0.201 e. The molecule has 5 aromatic carbocycles. The number of hydrogen-bond donors (Lipinski definition) is 0. The van der Waals surface area contributed by atoms with Gasteiger partial charge in [0.25, 0.3) is 0 Å². The van der Waals surface area contributed by atoms with E-state index in [2.05, 4.69) is 516 Å². The van der Waals surface area contributed by atoms with Crippen molar-refractivity contribution in [1.82, 2.24) is 0 Å². The molecule has 0 saturated carbocycles. The first-order chi connectivity index (χ1) is 56.5. The Kier molecular flexibility index (Phi) is 33.9. The van der Waals surface area contributed by atoms with Gasteiger partial charge in [-0.15, -0.1) is 0 Å². The maximum atomic E-state index is 2.49. The van der Waals surface area contributed by atoms with Crippen molar-refractivity contribution in [2.75, 3.05) is 0 Å². The zero-order valence-electron chi connectivity index (χ0n) is 89.6. The topological polar surface area (TPSA) is 19.4 Å². The van der Waals surface area contributed by atoms with Crippen LogP contribution >= 0.6 is 0 Å². The van der Waals surface area contributed by atoms with Crippen LogP contribution in [0.1, 0.15) is 261 Å². The van der Waals surface area contributed by atoms with Crippen molar-refractivity contribution in [3.63, 3.8) is 0 Å². The normalized spacial score (nSPS) is 12.8. The number of benzene rings is 5. The van der Waals surface area contributed by atoms with Crippen LogP contribution < -0.4 is 48.8 Å². The molecule has 0 aliphatic carbocycles. The van der Waals surface area contributed by atoms with E-state index in [0.717, 1.165) is 6.42 Å². The minimum absolute atomic E-state index is 0.161. The highest BCUT2D eigenvalue weighted by molar-refractivity contribution is 6.91. The molecule has 0 spiro atoms. The molecule has 0 saturated heterocycles. The van der Waals surface area contributed by atoms with E-state index >= 15 is 0 Å². The van der Waals surface area contributed by atoms with E-state index < -0.39 is 40.4 Å². The van der Waals surface area contributed by atoms with Gasteiger partial charge in [0.05, 0.1) is 40.4 Å². The second kappa shape index (κ2) is 39.7. The van der Waals surface area contributed by atoms with Crippen molar-refractivity contribution >= 4 is 66.3 Å². The van der Waals surface area contributed by atoms with Crippen LogP contribution in [0, 0.1) is 47.5 Å². The average Bonchev–Trinajstić information content (AvgIpc) is 0.786. The highest BCUT2D eigenvalue weighted by Gasteiger charge is 2.38. The summed E-state index contributed by atoms with van der Waals surface area (Å²) in [4.78, 5) is 0. The molecule has 0 unspecified atom stereocenters. The Labute approximate surface area is 773 Å². The number of pyridine rings is 5. The van der Waals surface area contributed by atoms with E-state index in [1.54, 1.807) is 25.9 Å². The third kappa shape index (κ3) is 27.7. The van der Waals surface area contributed by atoms with Crippen LogP contribution in [0.25, 0.3) is 56.3 Å². The lowest BCUT2D eigenvalue weighted by Crippen LogP contribution is -2.47. The van der Waals surface area contributed by atoms with Crippen molar-refractivity contribution in [1.29, 1.82) is 0 Å². The summed E-state index contributed by atoms with van der Waals surface area (Å²) in [5.74, 6) is 1.79. The summed E-state index contributed by atoms with van der Waals surface area (Å²) >= 11 is 0. The molecular weight excluding hydrogens is 1590 g/mol. The van der Waals surface area contributed by atoms with Gasteiger partial charge in [0, 0.05) is 86.0 Å². The van der Waals surface area contributed by atoms with Gasteiger partial charge in [0.2, 0.25) is 28.5 Å². The molecule has 10 aromatic rings. The molecular formula is C115H180N5Si5+5. The fourth-order valence-electron chi connectivity index (χ4n) is 17.2. The molecule has 5 nitrogen and oxygen atoms in total. The van der Waals surface area contributed by atoms with Crippen molar-refractivity contribution in [3.8, 4) is 56.3 Å². The van der Waals surface area contributed by atoms with Crippen LogP contribution in [0.3, 0.4) is 0 Å². The highest BCUT2D eigenvalue weighted by Crippen LogP contribution is 2.36. The van der Waals surface area contributed by atoms with Crippen LogP contribution in [0.2, 0.25) is 98.2 Å². The Morgan fingerprint density at radius 3 is 0.848 bits per heavy atom. The standard InChI is InChI=1S/2C24H38NSi.2C23H36NSi.C21H32NSi/c1-17-12-13-18(23(2,3)4)14-19(17)21-15-22(26(9,10)11)20(16-25(21)8)24(5,6)7;1-17(2)13-19-12-11-18(3)20(14-19)22-15-23(26(8,9)10)21(16-25(22)7)24(4,5)6;1-16(2)20-15-24(7)21(14-22(20)25(8,9)10)19-12-11-18(13-17(19)3)23(4,5)6;1-16(2)18-12-11-17(3)19(13-18)21-14-22(25(8,9)10)20(15-24(21)7)23(4,5)6;1-15-10-11-16(2)17(12-15)19-13-20(23(7,8)9)18(14-22(19)6)21(3,4)5/h12-16H,1-11H3;11-12,14-17H,13H2,1-10H3;2*11-16H,1-10H3;10-14H,1-9H3/q5*+1. The Hall–Kier alpha value is -7.07. The smallest absolute Gasteiger partial charge is 0.201 e. The molecule has 5 heterocycles. The van der Waals surface area contributed by atoms with E-state index in [4.69, 9.17) is 0 Å². The van der Waals surface area contributed by atoms with Gasteiger partial charge in [0.15, 0.2) is 31.0 Å². The summed E-state index contributed by atoms with van der Waals surface area (Å²) in [5, 5.41) is 7.93. The second-order valence-electron chi connectivity index (χ2n) is 49.8. The average molecular weight is 1770 g/mol. The molecule has 5 aromatic heterocycles. The third-order valence-electron chi connectivity index (χ3n) is 25.1. The zero-order chi connectivity index (χ0) is 95.8. The fraction of sp³-hybridized carbons (Fsp3) is 0.522. The Morgan fingerprint density at radius 1 is 0.256 bits per heavy atom. The van der Waals surface area contributed by atoms with Crippen LogP contribution in [0.4, 0.5) is 0 Å². The molecule has 0 amide bonds. The molecule has 0 atom stereocenters. The van der Waals surface area contributed by atoms with E-state index in [0.29, 0.717) is 17.8 Å². The predicted octanol–water partition coefficient (Wildman–Crippen LogP) is 26.7.